The molecule has 0 unspecified atom stereocenters. The number of quaternary nitrogens is 1. The summed E-state index contributed by atoms with van der Waals surface area (Å²) in [6.45, 7) is 2.89. The van der Waals surface area contributed by atoms with Crippen LogP contribution >= 0.6 is 11.6 Å². The van der Waals surface area contributed by atoms with Crippen LogP contribution in [-0.2, 0) is 11.0 Å². The lowest BCUT2D eigenvalue weighted by Gasteiger charge is -2.33. The van der Waals surface area contributed by atoms with Gasteiger partial charge in [0.2, 0.25) is 0 Å². The minimum atomic E-state index is -4.34. The summed E-state index contributed by atoms with van der Waals surface area (Å²) in [6, 6.07) is 12.3. The van der Waals surface area contributed by atoms with Gasteiger partial charge in [-0.15, -0.1) is 0 Å². The highest BCUT2D eigenvalue weighted by Gasteiger charge is 2.31. The lowest BCUT2D eigenvalue weighted by atomic mass is 10.1. The number of benzene rings is 2. The summed E-state index contributed by atoms with van der Waals surface area (Å²) in [4.78, 5) is 15.2. The summed E-state index contributed by atoms with van der Waals surface area (Å²) in [5, 5.41) is 3.43. The van der Waals surface area contributed by atoms with E-state index in [-0.39, 0.29) is 5.91 Å². The minimum Gasteiger partial charge on any atom is -0.360 e. The summed E-state index contributed by atoms with van der Waals surface area (Å²) < 4.78 is 38.6. The van der Waals surface area contributed by atoms with E-state index in [4.69, 9.17) is 11.6 Å². The fourth-order valence-electron chi connectivity index (χ4n) is 3.10. The predicted octanol–water partition coefficient (Wildman–Crippen LogP) is 2.70. The van der Waals surface area contributed by atoms with Crippen LogP contribution in [0.25, 0.3) is 0 Å². The topological polar surface area (TPSA) is 36.8 Å². The second kappa shape index (κ2) is 8.19. The Kier molecular flexibility index (Phi) is 5.92. The maximum Gasteiger partial charge on any atom is 0.416 e. The molecule has 8 heteroatoms. The Labute approximate surface area is 160 Å². The number of hydrogen-bond acceptors (Lipinski definition) is 2. The van der Waals surface area contributed by atoms with Gasteiger partial charge in [-0.25, -0.2) is 0 Å². The summed E-state index contributed by atoms with van der Waals surface area (Å²) in [5.74, 6) is -0.0974. The zero-order valence-electron chi connectivity index (χ0n) is 14.5. The molecule has 0 atom stereocenters. The van der Waals surface area contributed by atoms with E-state index in [1.165, 1.54) is 12.1 Å². The van der Waals surface area contributed by atoms with E-state index >= 15 is 0 Å². The number of alkyl halides is 3. The Bertz CT molecular complexity index is 788. The summed E-state index contributed by atoms with van der Waals surface area (Å²) in [5.41, 5.74) is 0.609. The molecule has 1 aliphatic heterocycles. The molecule has 4 nitrogen and oxygen atoms in total. The van der Waals surface area contributed by atoms with E-state index in [9.17, 15) is 18.0 Å². The van der Waals surface area contributed by atoms with Gasteiger partial charge < -0.3 is 15.1 Å². The molecule has 0 aromatic heterocycles. The van der Waals surface area contributed by atoms with Gasteiger partial charge in [-0.2, -0.15) is 13.2 Å². The van der Waals surface area contributed by atoms with Crippen LogP contribution in [0.4, 0.5) is 24.5 Å². The Balaban J connectivity index is 1.51. The molecule has 1 amide bonds. The van der Waals surface area contributed by atoms with Crippen molar-refractivity contribution < 1.29 is 22.9 Å². The molecule has 1 fully saturated rings. The minimum absolute atomic E-state index is 0.0974. The Hall–Kier alpha value is -2.25. The molecule has 3 rings (SSSR count). The third kappa shape index (κ3) is 5.37. The van der Waals surface area contributed by atoms with Gasteiger partial charge in [-0.05, 0) is 42.5 Å². The number of carbonyl (C=O) groups is 1. The highest BCUT2D eigenvalue weighted by atomic mass is 35.5. The van der Waals surface area contributed by atoms with Gasteiger partial charge >= 0.3 is 6.18 Å². The molecule has 144 valence electrons. The maximum atomic E-state index is 12.9. The van der Waals surface area contributed by atoms with E-state index in [0.717, 1.165) is 11.0 Å². The quantitative estimate of drug-likeness (QED) is 0.831. The summed E-state index contributed by atoms with van der Waals surface area (Å²) in [7, 11) is 0. The molecule has 1 heterocycles. The van der Waals surface area contributed by atoms with Crippen LogP contribution in [0.15, 0.2) is 48.5 Å². The van der Waals surface area contributed by atoms with Crippen LogP contribution in [0.1, 0.15) is 5.56 Å². The van der Waals surface area contributed by atoms with E-state index in [1.54, 1.807) is 30.3 Å². The SMILES string of the molecule is O=C(C[NH+]1CCN(c2cccc(C(F)(F)F)c2)CC1)Nc1ccc(Cl)cc1. The smallest absolute Gasteiger partial charge is 0.360 e. The molecule has 0 spiro atoms. The molecular formula is C19H20ClF3N3O+. The third-order valence-electron chi connectivity index (χ3n) is 4.55. The molecule has 2 aromatic rings. The first-order valence-electron chi connectivity index (χ1n) is 8.62. The van der Waals surface area contributed by atoms with Crippen LogP contribution in [0.3, 0.4) is 0 Å². The molecule has 2 aromatic carbocycles. The van der Waals surface area contributed by atoms with Gasteiger partial charge in [0, 0.05) is 16.4 Å². The van der Waals surface area contributed by atoms with Gasteiger partial charge in [-0.1, -0.05) is 17.7 Å². The monoisotopic (exact) mass is 398 g/mol. The molecule has 0 aliphatic carbocycles. The molecule has 0 saturated carbocycles. The number of hydrogen-bond donors (Lipinski definition) is 2. The average Bonchev–Trinajstić information content (AvgIpc) is 2.64. The van der Waals surface area contributed by atoms with Crippen LogP contribution in [0.5, 0.6) is 0 Å². The number of halogens is 4. The highest BCUT2D eigenvalue weighted by Crippen LogP contribution is 2.31. The van der Waals surface area contributed by atoms with Crippen LogP contribution in [0.2, 0.25) is 5.02 Å². The number of carbonyl (C=O) groups excluding carboxylic acids is 1. The molecule has 0 radical (unpaired) electrons. The van der Waals surface area contributed by atoms with E-state index < -0.39 is 11.7 Å². The van der Waals surface area contributed by atoms with Gasteiger partial charge in [0.25, 0.3) is 5.91 Å². The first kappa shape index (κ1) is 19.5. The second-order valence-electron chi connectivity index (χ2n) is 6.52. The van der Waals surface area contributed by atoms with Gasteiger partial charge in [0.1, 0.15) is 0 Å². The lowest BCUT2D eigenvalue weighted by molar-refractivity contribution is -0.892. The van der Waals surface area contributed by atoms with Crippen molar-refractivity contribution in [3.05, 3.63) is 59.1 Å². The number of nitrogens with zero attached hydrogens (tertiary/aromatic N) is 1. The first-order chi connectivity index (χ1) is 12.8. The third-order valence-corrected chi connectivity index (χ3v) is 4.80. The molecular weight excluding hydrogens is 379 g/mol. The van der Waals surface area contributed by atoms with Crippen LogP contribution in [0, 0.1) is 0 Å². The number of rotatable bonds is 4. The molecule has 1 aliphatic rings. The fraction of sp³-hybridized carbons (Fsp3) is 0.316. The standard InChI is InChI=1S/C19H19ClF3N3O/c20-15-4-6-16(7-5-15)24-18(27)13-25-8-10-26(11-9-25)17-3-1-2-14(12-17)19(21,22)23/h1-7,12H,8-11,13H2,(H,24,27)/p+1. The van der Waals surface area contributed by atoms with E-state index in [0.29, 0.717) is 49.1 Å². The Morgan fingerprint density at radius 1 is 1.11 bits per heavy atom. The van der Waals surface area contributed by atoms with Gasteiger partial charge in [0.05, 0.1) is 31.7 Å². The maximum absolute atomic E-state index is 12.9. The fourth-order valence-corrected chi connectivity index (χ4v) is 3.23. The number of anilines is 2. The van der Waals surface area contributed by atoms with E-state index in [2.05, 4.69) is 5.32 Å². The molecule has 27 heavy (non-hydrogen) atoms. The molecule has 1 saturated heterocycles. The van der Waals surface area contributed by atoms with Crippen molar-refractivity contribution in [3.8, 4) is 0 Å². The number of piperazine rings is 1. The normalized spacial score (nSPS) is 15.6. The van der Waals surface area contributed by atoms with Crippen molar-refractivity contribution in [1.82, 2.24) is 0 Å². The van der Waals surface area contributed by atoms with Crippen LogP contribution < -0.4 is 15.1 Å². The summed E-state index contributed by atoms with van der Waals surface area (Å²) >= 11 is 5.82. The first-order valence-corrected chi connectivity index (χ1v) is 9.00. The average molecular weight is 399 g/mol. The Morgan fingerprint density at radius 2 is 1.78 bits per heavy atom. The Morgan fingerprint density at radius 3 is 2.41 bits per heavy atom. The number of amides is 1. The van der Waals surface area contributed by atoms with Crippen molar-refractivity contribution >= 4 is 28.9 Å². The molecule has 2 N–H and O–H groups in total. The van der Waals surface area contributed by atoms with Crippen LogP contribution in [-0.4, -0.2) is 38.6 Å². The van der Waals surface area contributed by atoms with Crippen molar-refractivity contribution in [3.63, 3.8) is 0 Å². The zero-order chi connectivity index (χ0) is 19.4. The van der Waals surface area contributed by atoms with Gasteiger partial charge in [-0.3, -0.25) is 4.79 Å². The zero-order valence-corrected chi connectivity index (χ0v) is 15.3. The van der Waals surface area contributed by atoms with Crippen molar-refractivity contribution in [2.24, 2.45) is 0 Å². The second-order valence-corrected chi connectivity index (χ2v) is 6.95. The van der Waals surface area contributed by atoms with Crippen molar-refractivity contribution in [1.29, 1.82) is 0 Å². The largest absolute Gasteiger partial charge is 0.416 e. The predicted molar refractivity (Wildman–Crippen MR) is 99.3 cm³/mol. The van der Waals surface area contributed by atoms with E-state index in [1.807, 2.05) is 4.90 Å². The van der Waals surface area contributed by atoms with Gasteiger partial charge in [0.15, 0.2) is 6.54 Å². The molecule has 0 bridgehead atoms. The lowest BCUT2D eigenvalue weighted by Crippen LogP contribution is -3.15. The highest BCUT2D eigenvalue weighted by molar-refractivity contribution is 6.30. The van der Waals surface area contributed by atoms with Crippen molar-refractivity contribution in [2.75, 3.05) is 42.9 Å². The summed E-state index contributed by atoms with van der Waals surface area (Å²) in [6.07, 6.45) is -4.34. The van der Waals surface area contributed by atoms with Crippen molar-refractivity contribution in [2.45, 2.75) is 6.18 Å². The number of nitrogens with one attached hydrogen (secondary N) is 2.